The highest BCUT2D eigenvalue weighted by molar-refractivity contribution is 7.80. The Kier molecular flexibility index (Phi) is 7.25. The average molecular weight is 232 g/mol. The maximum Gasteiger partial charge on any atom is 0.323 e. The van der Waals surface area contributed by atoms with Crippen LogP contribution in [0, 0.1) is 0 Å². The molecule has 0 rings (SSSR count). The molecule has 0 aromatic carbocycles. The minimum absolute atomic E-state index is 0.196. The van der Waals surface area contributed by atoms with E-state index in [1.807, 2.05) is 18.9 Å². The summed E-state index contributed by atoms with van der Waals surface area (Å²) in [5, 5.41) is 0. The zero-order valence-electron chi connectivity index (χ0n) is 9.66. The second-order valence-corrected chi connectivity index (χ2v) is 3.96. The van der Waals surface area contributed by atoms with Crippen LogP contribution in [0.1, 0.15) is 26.7 Å². The molecule has 1 atom stereocenters. The minimum Gasteiger partial charge on any atom is -0.465 e. The quantitative estimate of drug-likeness (QED) is 0.523. The second kappa shape index (κ2) is 7.59. The van der Waals surface area contributed by atoms with Gasteiger partial charge in [0, 0.05) is 6.54 Å². The Morgan fingerprint density at radius 2 is 2.13 bits per heavy atom. The summed E-state index contributed by atoms with van der Waals surface area (Å²) in [5.41, 5.74) is 5.44. The number of nitrogens with zero attached hydrogens (tertiary/aromatic N) is 1. The maximum absolute atomic E-state index is 11.6. The summed E-state index contributed by atoms with van der Waals surface area (Å²) in [6.45, 7) is 4.67. The van der Waals surface area contributed by atoms with Crippen molar-refractivity contribution in [1.29, 1.82) is 0 Å². The first-order valence-electron chi connectivity index (χ1n) is 5.18. The van der Waals surface area contributed by atoms with Gasteiger partial charge >= 0.3 is 5.97 Å². The van der Waals surface area contributed by atoms with Crippen LogP contribution in [0.4, 0.5) is 0 Å². The molecular formula is C10H20N2O2S. The highest BCUT2D eigenvalue weighted by Crippen LogP contribution is 2.07. The molecule has 1 unspecified atom stereocenters. The van der Waals surface area contributed by atoms with Crippen LogP contribution in [-0.4, -0.2) is 42.1 Å². The van der Waals surface area contributed by atoms with Gasteiger partial charge in [0.15, 0.2) is 0 Å². The van der Waals surface area contributed by atoms with Crippen LogP contribution in [0.15, 0.2) is 0 Å². The topological polar surface area (TPSA) is 55.6 Å². The van der Waals surface area contributed by atoms with Gasteiger partial charge in [-0.3, -0.25) is 9.69 Å². The number of carbonyl (C=O) groups excluding carboxylic acids is 1. The van der Waals surface area contributed by atoms with Crippen molar-refractivity contribution in [2.24, 2.45) is 5.73 Å². The highest BCUT2D eigenvalue weighted by atomic mass is 32.1. The van der Waals surface area contributed by atoms with Crippen LogP contribution in [0.25, 0.3) is 0 Å². The lowest BCUT2D eigenvalue weighted by Gasteiger charge is -2.25. The molecule has 0 aliphatic heterocycles. The molecule has 2 N–H and O–H groups in total. The standard InChI is InChI=1S/C10H20N2O2S/c1-4-6-8(10(13)14-5-2)12(3)7-9(11)15/h8H,4-7H2,1-3H3,(H2,11,15). The van der Waals surface area contributed by atoms with E-state index in [0.717, 1.165) is 12.8 Å². The van der Waals surface area contributed by atoms with Gasteiger partial charge in [-0.15, -0.1) is 0 Å². The van der Waals surface area contributed by atoms with Crippen molar-refractivity contribution in [2.75, 3.05) is 20.2 Å². The zero-order chi connectivity index (χ0) is 11.8. The fraction of sp³-hybridized carbons (Fsp3) is 0.800. The van der Waals surface area contributed by atoms with Crippen molar-refractivity contribution in [3.8, 4) is 0 Å². The predicted molar refractivity (Wildman–Crippen MR) is 64.7 cm³/mol. The monoisotopic (exact) mass is 232 g/mol. The fourth-order valence-electron chi connectivity index (χ4n) is 1.39. The lowest BCUT2D eigenvalue weighted by molar-refractivity contribution is -0.149. The molecule has 0 aromatic rings. The molecule has 0 heterocycles. The van der Waals surface area contributed by atoms with Gasteiger partial charge in [0.2, 0.25) is 0 Å². The Labute approximate surface area is 96.8 Å². The van der Waals surface area contributed by atoms with E-state index in [9.17, 15) is 4.79 Å². The first kappa shape index (κ1) is 14.3. The summed E-state index contributed by atoms with van der Waals surface area (Å²) in [4.78, 5) is 13.8. The number of thiocarbonyl (C=S) groups is 1. The molecule has 0 fully saturated rings. The molecule has 0 saturated heterocycles. The summed E-state index contributed by atoms with van der Waals surface area (Å²) < 4.78 is 4.99. The molecule has 88 valence electrons. The van der Waals surface area contributed by atoms with Crippen LogP contribution in [-0.2, 0) is 9.53 Å². The normalized spacial score (nSPS) is 12.5. The van der Waals surface area contributed by atoms with Crippen molar-refractivity contribution in [2.45, 2.75) is 32.7 Å². The molecule has 0 radical (unpaired) electrons. The minimum atomic E-state index is -0.239. The number of likely N-dealkylation sites (N-methyl/N-ethyl adjacent to an activating group) is 1. The molecule has 0 spiro atoms. The second-order valence-electron chi connectivity index (χ2n) is 3.44. The molecule has 5 heteroatoms. The fourth-order valence-corrected chi connectivity index (χ4v) is 1.59. The first-order valence-corrected chi connectivity index (χ1v) is 5.58. The Hall–Kier alpha value is -0.680. The van der Waals surface area contributed by atoms with E-state index in [1.165, 1.54) is 0 Å². The number of rotatable bonds is 7. The summed E-state index contributed by atoms with van der Waals surface area (Å²) in [6, 6.07) is -0.239. The maximum atomic E-state index is 11.6. The summed E-state index contributed by atoms with van der Waals surface area (Å²) in [5.74, 6) is -0.196. The van der Waals surface area contributed by atoms with Gasteiger partial charge in [-0.05, 0) is 20.4 Å². The van der Waals surface area contributed by atoms with Crippen LogP contribution in [0.3, 0.4) is 0 Å². The lowest BCUT2D eigenvalue weighted by atomic mass is 10.1. The summed E-state index contributed by atoms with van der Waals surface area (Å²) in [7, 11) is 1.83. The molecule has 0 aromatic heterocycles. The van der Waals surface area contributed by atoms with E-state index in [2.05, 4.69) is 0 Å². The Morgan fingerprint density at radius 3 is 2.53 bits per heavy atom. The van der Waals surface area contributed by atoms with Crippen molar-refractivity contribution in [3.05, 3.63) is 0 Å². The first-order chi connectivity index (χ1) is 7.02. The summed E-state index contributed by atoms with van der Waals surface area (Å²) >= 11 is 4.81. The number of esters is 1. The smallest absolute Gasteiger partial charge is 0.323 e. The third-order valence-electron chi connectivity index (χ3n) is 2.06. The van der Waals surface area contributed by atoms with Crippen LogP contribution in [0.5, 0.6) is 0 Å². The predicted octanol–water partition coefficient (Wildman–Crippen LogP) is 0.936. The highest BCUT2D eigenvalue weighted by Gasteiger charge is 2.23. The molecule has 0 amide bonds. The lowest BCUT2D eigenvalue weighted by Crippen LogP contribution is -2.43. The van der Waals surface area contributed by atoms with Gasteiger partial charge in [-0.2, -0.15) is 0 Å². The largest absolute Gasteiger partial charge is 0.465 e. The van der Waals surface area contributed by atoms with Crippen molar-refractivity contribution < 1.29 is 9.53 Å². The Morgan fingerprint density at radius 1 is 1.53 bits per heavy atom. The Bertz CT molecular complexity index is 221. The number of hydrogen-bond acceptors (Lipinski definition) is 4. The van der Waals surface area contributed by atoms with Gasteiger partial charge in [0.05, 0.1) is 11.6 Å². The average Bonchev–Trinajstić information content (AvgIpc) is 2.13. The number of nitrogens with two attached hydrogens (primary N) is 1. The third kappa shape index (κ3) is 5.69. The molecule has 0 aliphatic rings. The van der Waals surface area contributed by atoms with Crippen LogP contribution >= 0.6 is 12.2 Å². The van der Waals surface area contributed by atoms with Crippen molar-refractivity contribution >= 4 is 23.2 Å². The van der Waals surface area contributed by atoms with E-state index in [-0.39, 0.29) is 12.0 Å². The van der Waals surface area contributed by atoms with E-state index >= 15 is 0 Å². The Balaban J connectivity index is 4.35. The number of ether oxygens (including phenoxy) is 1. The summed E-state index contributed by atoms with van der Waals surface area (Å²) in [6.07, 6.45) is 1.68. The van der Waals surface area contributed by atoms with Gasteiger partial charge in [-0.25, -0.2) is 0 Å². The molecular weight excluding hydrogens is 212 g/mol. The van der Waals surface area contributed by atoms with Gasteiger partial charge in [0.1, 0.15) is 6.04 Å². The molecule has 0 bridgehead atoms. The van der Waals surface area contributed by atoms with E-state index in [1.54, 1.807) is 6.92 Å². The van der Waals surface area contributed by atoms with E-state index in [4.69, 9.17) is 22.7 Å². The molecule has 0 aliphatic carbocycles. The SMILES string of the molecule is CCCC(C(=O)OCC)N(C)CC(N)=S. The van der Waals surface area contributed by atoms with Gasteiger partial charge in [-0.1, -0.05) is 25.6 Å². The number of carbonyl (C=O) groups is 1. The van der Waals surface area contributed by atoms with Crippen LogP contribution < -0.4 is 5.73 Å². The number of hydrogen-bond donors (Lipinski definition) is 1. The van der Waals surface area contributed by atoms with Gasteiger partial charge in [0.25, 0.3) is 0 Å². The van der Waals surface area contributed by atoms with Gasteiger partial charge < -0.3 is 10.5 Å². The zero-order valence-corrected chi connectivity index (χ0v) is 10.5. The van der Waals surface area contributed by atoms with Crippen molar-refractivity contribution in [3.63, 3.8) is 0 Å². The van der Waals surface area contributed by atoms with Crippen LogP contribution in [0.2, 0.25) is 0 Å². The molecule has 15 heavy (non-hydrogen) atoms. The third-order valence-corrected chi connectivity index (χ3v) is 2.19. The molecule has 0 saturated carbocycles. The van der Waals surface area contributed by atoms with Crippen molar-refractivity contribution in [1.82, 2.24) is 4.90 Å². The van der Waals surface area contributed by atoms with E-state index in [0.29, 0.717) is 18.1 Å². The molecule has 4 nitrogen and oxygen atoms in total. The van der Waals surface area contributed by atoms with E-state index < -0.39 is 0 Å².